The molecular weight excluding hydrogens is 448 g/mol. The summed E-state index contributed by atoms with van der Waals surface area (Å²) in [5, 5.41) is 2.70. The molecule has 9 heteroatoms. The summed E-state index contributed by atoms with van der Waals surface area (Å²) in [6, 6.07) is 5.05. The van der Waals surface area contributed by atoms with Gasteiger partial charge in [-0.05, 0) is 67.0 Å². The van der Waals surface area contributed by atoms with E-state index in [1.165, 1.54) is 6.20 Å². The first-order valence-corrected chi connectivity index (χ1v) is 10.6. The van der Waals surface area contributed by atoms with Crippen LogP contribution < -0.4 is 11.1 Å². The fourth-order valence-electron chi connectivity index (χ4n) is 4.45. The molecule has 3 N–H and O–H groups in total. The lowest BCUT2D eigenvalue weighted by Crippen LogP contribution is -2.31. The number of nitrogens with one attached hydrogen (secondary N) is 1. The van der Waals surface area contributed by atoms with E-state index in [9.17, 15) is 22.4 Å². The number of rotatable bonds is 4. The van der Waals surface area contributed by atoms with E-state index >= 15 is 0 Å². The van der Waals surface area contributed by atoms with E-state index in [2.05, 4.69) is 22.2 Å². The van der Waals surface area contributed by atoms with Gasteiger partial charge in [0, 0.05) is 13.7 Å². The Bertz CT molecular complexity index is 1200. The van der Waals surface area contributed by atoms with E-state index in [0.29, 0.717) is 23.7 Å². The number of aromatic nitrogens is 2. The Morgan fingerprint density at radius 2 is 1.74 bits per heavy atom. The predicted molar refractivity (Wildman–Crippen MR) is 124 cm³/mol. The van der Waals surface area contributed by atoms with Crippen molar-refractivity contribution >= 4 is 11.6 Å². The molecule has 0 aliphatic heterocycles. The number of pyridine rings is 2. The monoisotopic (exact) mass is 476 g/mol. The third-order valence-corrected chi connectivity index (χ3v) is 5.88. The number of carbonyl (C=O) groups is 1. The zero-order valence-corrected chi connectivity index (χ0v) is 17.8. The maximum atomic E-state index is 14.3. The van der Waals surface area contributed by atoms with Crippen LogP contribution in [-0.2, 0) is 0 Å². The molecule has 5 nitrogen and oxygen atoms in total. The fourth-order valence-corrected chi connectivity index (χ4v) is 4.45. The Morgan fingerprint density at radius 3 is 2.47 bits per heavy atom. The summed E-state index contributed by atoms with van der Waals surface area (Å²) in [6.45, 7) is 2.13. The first kappa shape index (κ1) is 25.3. The van der Waals surface area contributed by atoms with E-state index in [0.717, 1.165) is 37.0 Å². The van der Waals surface area contributed by atoms with Gasteiger partial charge in [0.15, 0.2) is 11.6 Å². The number of hydrogen-bond donors (Lipinski definition) is 2. The minimum Gasteiger partial charge on any atom is -0.328 e. The van der Waals surface area contributed by atoms with Gasteiger partial charge in [0.05, 0.1) is 17.4 Å². The van der Waals surface area contributed by atoms with Gasteiger partial charge in [0.2, 0.25) is 0 Å². The Kier molecular flexibility index (Phi) is 7.66. The van der Waals surface area contributed by atoms with Gasteiger partial charge in [-0.25, -0.2) is 22.5 Å². The summed E-state index contributed by atoms with van der Waals surface area (Å²) in [6.07, 6.45) is 5.71. The van der Waals surface area contributed by atoms with Crippen LogP contribution in [0.3, 0.4) is 0 Å². The van der Waals surface area contributed by atoms with Gasteiger partial charge in [-0.15, -0.1) is 0 Å². The van der Waals surface area contributed by atoms with Crippen LogP contribution in [0.5, 0.6) is 0 Å². The molecule has 1 fully saturated rings. The van der Waals surface area contributed by atoms with Gasteiger partial charge in [-0.1, -0.05) is 14.4 Å². The zero-order chi connectivity index (χ0) is 23.7. The average Bonchev–Trinajstić information content (AvgIpc) is 2.77. The Labute approximate surface area is 196 Å². The Hall–Kier alpha value is -3.33. The van der Waals surface area contributed by atoms with Crippen LogP contribution in [0.15, 0.2) is 42.7 Å². The number of anilines is 1. The second-order valence-electron chi connectivity index (χ2n) is 8.43. The highest BCUT2D eigenvalue weighted by atomic mass is 19.2. The number of carbonyl (C=O) groups excluding carboxylic acids is 1. The molecule has 1 aromatic carbocycles. The largest absolute Gasteiger partial charge is 0.328 e. The second-order valence-corrected chi connectivity index (χ2v) is 8.43. The summed E-state index contributed by atoms with van der Waals surface area (Å²) in [5.41, 5.74) is 5.43. The van der Waals surface area contributed by atoms with Gasteiger partial charge < -0.3 is 11.1 Å². The summed E-state index contributed by atoms with van der Waals surface area (Å²) < 4.78 is 56.3. The van der Waals surface area contributed by atoms with E-state index in [-0.39, 0.29) is 26.5 Å². The van der Waals surface area contributed by atoms with Crippen molar-refractivity contribution in [1.82, 2.24) is 9.97 Å². The molecule has 2 heterocycles. The maximum absolute atomic E-state index is 14.3. The van der Waals surface area contributed by atoms with Gasteiger partial charge >= 0.3 is 0 Å². The van der Waals surface area contributed by atoms with Crippen molar-refractivity contribution in [2.75, 3.05) is 5.32 Å². The maximum Gasteiger partial charge on any atom is 0.274 e. The smallest absolute Gasteiger partial charge is 0.274 e. The Balaban J connectivity index is 0.00000216. The highest BCUT2D eigenvalue weighted by Crippen LogP contribution is 2.38. The topological polar surface area (TPSA) is 80.9 Å². The highest BCUT2D eigenvalue weighted by Gasteiger charge is 2.28. The van der Waals surface area contributed by atoms with Gasteiger partial charge in [0.1, 0.15) is 23.0 Å². The third-order valence-electron chi connectivity index (χ3n) is 5.88. The average molecular weight is 477 g/mol. The zero-order valence-electron chi connectivity index (χ0n) is 17.8. The molecule has 1 saturated carbocycles. The van der Waals surface area contributed by atoms with Gasteiger partial charge in [0.25, 0.3) is 5.91 Å². The van der Waals surface area contributed by atoms with E-state index in [1.54, 1.807) is 6.20 Å². The Morgan fingerprint density at radius 1 is 1.03 bits per heavy atom. The molecule has 4 rings (SSSR count). The van der Waals surface area contributed by atoms with Crippen LogP contribution in [0.2, 0.25) is 0 Å². The lowest BCUT2D eigenvalue weighted by atomic mass is 9.76. The van der Waals surface area contributed by atoms with Crippen molar-refractivity contribution in [3.63, 3.8) is 0 Å². The van der Waals surface area contributed by atoms with Gasteiger partial charge in [-0.2, -0.15) is 0 Å². The van der Waals surface area contributed by atoms with Gasteiger partial charge in [-0.3, -0.25) is 9.78 Å². The lowest BCUT2D eigenvalue weighted by Gasteiger charge is -2.32. The molecule has 0 radical (unpaired) electrons. The van der Waals surface area contributed by atoms with Crippen molar-refractivity contribution in [3.05, 3.63) is 77.3 Å². The van der Waals surface area contributed by atoms with Crippen molar-refractivity contribution in [2.45, 2.75) is 45.6 Å². The molecule has 34 heavy (non-hydrogen) atoms. The van der Waals surface area contributed by atoms with E-state index in [1.807, 2.05) is 6.07 Å². The molecule has 2 aromatic heterocycles. The molecule has 1 amide bonds. The lowest BCUT2D eigenvalue weighted by molar-refractivity contribution is 0.102. The SMILES string of the molecule is C.C[C@@H]1C[C@H](N)C[C@H](c2ccncc2NC(=O)c2ccc(F)c(-c3c(F)ccc(F)c3F)n2)C1.[HH]. The minimum atomic E-state index is -1.59. The first-order valence-electron chi connectivity index (χ1n) is 10.6. The molecule has 0 spiro atoms. The molecule has 0 bridgehead atoms. The van der Waals surface area contributed by atoms with Crippen LogP contribution in [0.25, 0.3) is 11.3 Å². The number of hydrogen-bond acceptors (Lipinski definition) is 4. The standard InChI is InChI=1S/C24H22F4N4O.CH4.H2/c1-12-8-13(10-14(29)9-12)15-6-7-30-11-20(15)32-24(33)19-5-4-18(27)23(31-19)21-16(25)2-3-17(26)22(21)28;;/h2-7,11-14H,8-10,29H2,1H3,(H,32,33);1H4;1H/t12-,13+,14-;;/m0../s1. The third kappa shape index (κ3) is 5.09. The van der Waals surface area contributed by atoms with Crippen LogP contribution in [0.4, 0.5) is 23.2 Å². The highest BCUT2D eigenvalue weighted by molar-refractivity contribution is 6.03. The fraction of sp³-hybridized carbons (Fsp3) is 0.320. The molecule has 1 aliphatic rings. The van der Waals surface area contributed by atoms with Crippen LogP contribution in [0.1, 0.15) is 57.0 Å². The van der Waals surface area contributed by atoms with Crippen molar-refractivity contribution < 1.29 is 23.8 Å². The second kappa shape index (κ2) is 10.3. The predicted octanol–water partition coefficient (Wildman–Crippen LogP) is 6.07. The number of halogens is 4. The molecule has 182 valence electrons. The van der Waals surface area contributed by atoms with E-state index in [4.69, 9.17) is 5.73 Å². The van der Waals surface area contributed by atoms with Crippen molar-refractivity contribution in [1.29, 1.82) is 0 Å². The molecule has 0 saturated heterocycles. The summed E-state index contributed by atoms with van der Waals surface area (Å²) in [7, 11) is 0. The summed E-state index contributed by atoms with van der Waals surface area (Å²) in [4.78, 5) is 20.8. The van der Waals surface area contributed by atoms with Crippen LogP contribution >= 0.6 is 0 Å². The first-order chi connectivity index (χ1) is 15.7. The van der Waals surface area contributed by atoms with Crippen molar-refractivity contribution in [3.8, 4) is 11.3 Å². The summed E-state index contributed by atoms with van der Waals surface area (Å²) >= 11 is 0. The summed E-state index contributed by atoms with van der Waals surface area (Å²) in [5.74, 6) is -5.42. The normalized spacial score (nSPS) is 19.9. The molecule has 1 aliphatic carbocycles. The van der Waals surface area contributed by atoms with E-state index < -0.39 is 40.4 Å². The number of nitrogens with zero attached hydrogens (tertiary/aromatic N) is 2. The molecule has 3 atom stereocenters. The quantitative estimate of drug-likeness (QED) is 0.354. The van der Waals surface area contributed by atoms with Crippen LogP contribution in [0, 0.1) is 29.2 Å². The number of benzene rings is 1. The molecule has 0 unspecified atom stereocenters. The molecular formula is C25H28F4N4O. The number of nitrogens with two attached hydrogens (primary N) is 1. The number of amides is 1. The minimum absolute atomic E-state index is 0. The van der Waals surface area contributed by atoms with Crippen LogP contribution in [-0.4, -0.2) is 21.9 Å². The molecule has 3 aromatic rings. The van der Waals surface area contributed by atoms with Crippen molar-refractivity contribution in [2.24, 2.45) is 11.7 Å².